The van der Waals surface area contributed by atoms with Gasteiger partial charge in [-0.1, -0.05) is 18.2 Å². The van der Waals surface area contributed by atoms with Crippen LogP contribution in [0.25, 0.3) is 16.9 Å². The molecule has 4 rings (SSSR count). The van der Waals surface area contributed by atoms with Gasteiger partial charge < -0.3 is 10.6 Å². The Morgan fingerprint density at radius 1 is 1.07 bits per heavy atom. The monoisotopic (exact) mass is 422 g/mol. The van der Waals surface area contributed by atoms with Crippen LogP contribution in [-0.2, 0) is 9.84 Å². The molecule has 0 aliphatic carbocycles. The largest absolute Gasteiger partial charge is 0.354 e. The van der Waals surface area contributed by atoms with Gasteiger partial charge in [-0.05, 0) is 36.4 Å². The topological polar surface area (TPSA) is 118 Å². The highest BCUT2D eigenvalue weighted by Gasteiger charge is 2.15. The number of amides is 1. The van der Waals surface area contributed by atoms with Crippen molar-refractivity contribution in [2.24, 2.45) is 0 Å². The molecule has 0 atom stereocenters. The van der Waals surface area contributed by atoms with E-state index in [1.807, 2.05) is 18.2 Å². The number of hydrogen-bond donors (Lipinski definition) is 2. The number of nitrogens with zero attached hydrogens (tertiary/aromatic N) is 4. The number of carbonyl (C=O) groups excluding carboxylic acids is 1. The average Bonchev–Trinajstić information content (AvgIpc) is 3.15. The summed E-state index contributed by atoms with van der Waals surface area (Å²) in [6.07, 6.45) is 2.70. The Labute approximate surface area is 172 Å². The minimum atomic E-state index is -3.34. The zero-order valence-corrected chi connectivity index (χ0v) is 17.0. The van der Waals surface area contributed by atoms with Crippen molar-refractivity contribution < 1.29 is 13.2 Å². The lowest BCUT2D eigenvalue weighted by atomic mass is 10.1. The SMILES string of the molecule is CNC(=O)c1ncccc1Nc1nc2cccc(-c3cccc(S(C)(=O)=O)c3)n2n1. The molecule has 0 aliphatic rings. The number of carbonyl (C=O) groups is 1. The van der Waals surface area contributed by atoms with Crippen LogP contribution in [-0.4, -0.2) is 47.2 Å². The van der Waals surface area contributed by atoms with Crippen LogP contribution in [0.5, 0.6) is 0 Å². The zero-order chi connectivity index (χ0) is 21.3. The molecule has 0 saturated carbocycles. The van der Waals surface area contributed by atoms with Crippen LogP contribution in [0.4, 0.5) is 11.6 Å². The summed E-state index contributed by atoms with van der Waals surface area (Å²) in [7, 11) is -1.81. The first-order valence-corrected chi connectivity index (χ1v) is 10.9. The first-order valence-electron chi connectivity index (χ1n) is 8.97. The maximum Gasteiger partial charge on any atom is 0.271 e. The fourth-order valence-electron chi connectivity index (χ4n) is 2.99. The Balaban J connectivity index is 1.77. The van der Waals surface area contributed by atoms with Crippen LogP contribution >= 0.6 is 0 Å². The van der Waals surface area contributed by atoms with Gasteiger partial charge in [0.05, 0.1) is 16.3 Å². The molecule has 30 heavy (non-hydrogen) atoms. The smallest absolute Gasteiger partial charge is 0.271 e. The van der Waals surface area contributed by atoms with Crippen LogP contribution in [0.1, 0.15) is 10.5 Å². The van der Waals surface area contributed by atoms with E-state index in [0.29, 0.717) is 22.6 Å². The molecular weight excluding hydrogens is 404 g/mol. The Bertz CT molecular complexity index is 1360. The summed E-state index contributed by atoms with van der Waals surface area (Å²) in [6.45, 7) is 0. The molecule has 1 aromatic carbocycles. The lowest BCUT2D eigenvalue weighted by molar-refractivity contribution is 0.0959. The molecule has 0 radical (unpaired) electrons. The fourth-order valence-corrected chi connectivity index (χ4v) is 3.66. The summed E-state index contributed by atoms with van der Waals surface area (Å²) in [6, 6.07) is 15.5. The van der Waals surface area contributed by atoms with E-state index in [2.05, 4.69) is 25.7 Å². The molecule has 0 aliphatic heterocycles. The molecule has 152 valence electrons. The Hall–Kier alpha value is -3.79. The molecule has 0 saturated heterocycles. The fraction of sp³-hybridized carbons (Fsp3) is 0.100. The highest BCUT2D eigenvalue weighted by molar-refractivity contribution is 7.90. The molecule has 3 heterocycles. The maximum atomic E-state index is 12.0. The first-order chi connectivity index (χ1) is 14.4. The number of benzene rings is 1. The minimum Gasteiger partial charge on any atom is -0.354 e. The van der Waals surface area contributed by atoms with Crippen molar-refractivity contribution in [1.29, 1.82) is 0 Å². The highest BCUT2D eigenvalue weighted by atomic mass is 32.2. The zero-order valence-electron chi connectivity index (χ0n) is 16.2. The van der Waals surface area contributed by atoms with Crippen LogP contribution in [0, 0.1) is 0 Å². The predicted octanol–water partition coefficient (Wildman–Crippen LogP) is 2.30. The standard InChI is InChI=1S/C20H18N6O3S/c1-21-19(27)18-15(8-5-11-22-18)23-20-24-17-10-4-9-16(26(17)25-20)13-6-3-7-14(12-13)30(2,28)29/h3-12H,1-2H3,(H,21,27)(H,23,25). The van der Waals surface area contributed by atoms with Gasteiger partial charge in [0.15, 0.2) is 21.2 Å². The van der Waals surface area contributed by atoms with Crippen LogP contribution in [0.15, 0.2) is 65.7 Å². The number of aromatic nitrogens is 4. The van der Waals surface area contributed by atoms with Crippen LogP contribution < -0.4 is 10.6 Å². The van der Waals surface area contributed by atoms with Crippen LogP contribution in [0.3, 0.4) is 0 Å². The molecular formula is C20H18N6O3S. The Morgan fingerprint density at radius 2 is 1.87 bits per heavy atom. The van der Waals surface area contributed by atoms with E-state index in [9.17, 15) is 13.2 Å². The number of hydrogen-bond acceptors (Lipinski definition) is 7. The molecule has 1 amide bonds. The van der Waals surface area contributed by atoms with Gasteiger partial charge >= 0.3 is 0 Å². The predicted molar refractivity (Wildman–Crippen MR) is 112 cm³/mol. The molecule has 0 fully saturated rings. The summed E-state index contributed by atoms with van der Waals surface area (Å²) in [5.41, 5.74) is 2.61. The van der Waals surface area contributed by atoms with Gasteiger partial charge in [0.1, 0.15) is 0 Å². The van der Waals surface area contributed by atoms with E-state index in [0.717, 1.165) is 0 Å². The van der Waals surface area contributed by atoms with E-state index in [1.165, 1.54) is 19.5 Å². The van der Waals surface area contributed by atoms with Crippen molar-refractivity contribution in [1.82, 2.24) is 24.9 Å². The van der Waals surface area contributed by atoms with Gasteiger partial charge in [-0.15, -0.1) is 5.10 Å². The minimum absolute atomic E-state index is 0.222. The number of sulfone groups is 1. The summed E-state index contributed by atoms with van der Waals surface area (Å²) in [5, 5.41) is 10.1. The third-order valence-corrected chi connectivity index (χ3v) is 5.52. The van der Waals surface area contributed by atoms with E-state index >= 15 is 0 Å². The van der Waals surface area contributed by atoms with Crippen molar-refractivity contribution in [3.05, 3.63) is 66.5 Å². The Kier molecular flexibility index (Phi) is 4.92. The van der Waals surface area contributed by atoms with Gasteiger partial charge in [-0.3, -0.25) is 4.79 Å². The molecule has 3 aromatic heterocycles. The van der Waals surface area contributed by atoms with Crippen molar-refractivity contribution >= 4 is 33.0 Å². The molecule has 4 aromatic rings. The second-order valence-corrected chi connectivity index (χ2v) is 8.54. The van der Waals surface area contributed by atoms with Crippen molar-refractivity contribution in [3.63, 3.8) is 0 Å². The lowest BCUT2D eigenvalue weighted by Crippen LogP contribution is -2.20. The number of rotatable bonds is 5. The molecule has 9 nitrogen and oxygen atoms in total. The van der Waals surface area contributed by atoms with Gasteiger partial charge in [-0.25, -0.2) is 17.9 Å². The summed E-state index contributed by atoms with van der Waals surface area (Å²) < 4.78 is 25.4. The van der Waals surface area contributed by atoms with Gasteiger partial charge in [-0.2, -0.15) is 4.98 Å². The highest BCUT2D eigenvalue weighted by Crippen LogP contribution is 2.25. The normalized spacial score (nSPS) is 11.4. The molecule has 2 N–H and O–H groups in total. The maximum absolute atomic E-state index is 12.0. The van der Waals surface area contributed by atoms with Gasteiger partial charge in [0, 0.05) is 25.1 Å². The second kappa shape index (κ2) is 7.56. The van der Waals surface area contributed by atoms with Crippen molar-refractivity contribution in [2.45, 2.75) is 4.90 Å². The van der Waals surface area contributed by atoms with Crippen molar-refractivity contribution in [3.8, 4) is 11.3 Å². The summed E-state index contributed by atoms with van der Waals surface area (Å²) >= 11 is 0. The van der Waals surface area contributed by atoms with E-state index in [1.54, 1.807) is 40.9 Å². The third-order valence-electron chi connectivity index (χ3n) is 4.41. The van der Waals surface area contributed by atoms with Crippen LogP contribution in [0.2, 0.25) is 0 Å². The van der Waals surface area contributed by atoms with E-state index in [4.69, 9.17) is 0 Å². The Morgan fingerprint density at radius 3 is 2.63 bits per heavy atom. The lowest BCUT2D eigenvalue weighted by Gasteiger charge is -2.07. The number of nitrogens with one attached hydrogen (secondary N) is 2. The quantitative estimate of drug-likeness (QED) is 0.506. The van der Waals surface area contributed by atoms with Gasteiger partial charge in [0.2, 0.25) is 5.95 Å². The number of fused-ring (bicyclic) bond motifs is 1. The van der Waals surface area contributed by atoms with E-state index in [-0.39, 0.29) is 22.4 Å². The average molecular weight is 422 g/mol. The molecule has 0 spiro atoms. The van der Waals surface area contributed by atoms with Crippen molar-refractivity contribution in [2.75, 3.05) is 18.6 Å². The molecule has 0 unspecified atom stereocenters. The second-order valence-electron chi connectivity index (χ2n) is 6.52. The van der Waals surface area contributed by atoms with E-state index < -0.39 is 9.84 Å². The van der Waals surface area contributed by atoms with Gasteiger partial charge in [0.25, 0.3) is 5.91 Å². The first kappa shape index (κ1) is 19.5. The molecule has 0 bridgehead atoms. The summed E-state index contributed by atoms with van der Waals surface area (Å²) in [5.74, 6) is -0.0555. The summed E-state index contributed by atoms with van der Waals surface area (Å²) in [4.78, 5) is 20.8. The number of anilines is 2. The number of pyridine rings is 2. The molecule has 10 heteroatoms. The third kappa shape index (κ3) is 3.72.